The molecule has 4 atom stereocenters. The molecule has 5 saturated carbocycles. The van der Waals surface area contributed by atoms with E-state index in [0.29, 0.717) is 11.3 Å². The Hall–Kier alpha value is -0.530. The van der Waals surface area contributed by atoms with Gasteiger partial charge in [0.2, 0.25) is 0 Å². The first-order chi connectivity index (χ1) is 5.49. The summed E-state index contributed by atoms with van der Waals surface area (Å²) in [6.07, 6.45) is 3.23. The average Bonchev–Trinajstić information content (AvgIpc) is 2.33. The molecule has 5 aliphatic carbocycles. The number of carbonyl (C=O) groups is 1. The summed E-state index contributed by atoms with van der Waals surface area (Å²) in [5.41, 5.74) is 0.254. The Morgan fingerprint density at radius 1 is 1.50 bits per heavy atom. The van der Waals surface area contributed by atoms with Crippen LogP contribution in [-0.2, 0) is 4.79 Å². The van der Waals surface area contributed by atoms with E-state index in [-0.39, 0.29) is 10.8 Å². The molecule has 0 aliphatic heterocycles. The molecular weight excluding hydrogens is 152 g/mol. The van der Waals surface area contributed by atoms with Crippen LogP contribution in [0.2, 0.25) is 0 Å². The molecule has 0 aromatic rings. The summed E-state index contributed by atoms with van der Waals surface area (Å²) in [6, 6.07) is 0. The fourth-order valence-corrected chi connectivity index (χ4v) is 4.69. The van der Waals surface area contributed by atoms with Crippen LogP contribution in [0, 0.1) is 22.2 Å². The number of fused-ring (bicyclic) bond motifs is 1. The molecule has 5 rings (SSSR count). The highest BCUT2D eigenvalue weighted by atomic mass is 16.4. The lowest BCUT2D eigenvalue weighted by atomic mass is 9.22. The summed E-state index contributed by atoms with van der Waals surface area (Å²) in [7, 11) is 0. The Morgan fingerprint density at radius 2 is 2.17 bits per heavy atom. The van der Waals surface area contributed by atoms with E-state index in [1.165, 1.54) is 0 Å². The van der Waals surface area contributed by atoms with Gasteiger partial charge in [-0.1, -0.05) is 13.8 Å². The second-order valence-electron chi connectivity index (χ2n) is 5.29. The van der Waals surface area contributed by atoms with Crippen molar-refractivity contribution in [3.63, 3.8) is 0 Å². The fraction of sp³-hybridized carbons (Fsp3) is 0.900. The van der Waals surface area contributed by atoms with Crippen molar-refractivity contribution in [1.29, 1.82) is 0 Å². The maximum Gasteiger partial charge on any atom is 0.310 e. The molecule has 12 heavy (non-hydrogen) atoms. The molecule has 0 unspecified atom stereocenters. The van der Waals surface area contributed by atoms with Gasteiger partial charge in [0, 0.05) is 0 Å². The first-order valence-electron chi connectivity index (χ1n) is 4.72. The van der Waals surface area contributed by atoms with Crippen LogP contribution >= 0.6 is 0 Å². The normalized spacial score (nSPS) is 65.3. The first kappa shape index (κ1) is 6.93. The van der Waals surface area contributed by atoms with Crippen LogP contribution in [0.15, 0.2) is 0 Å². The van der Waals surface area contributed by atoms with Crippen molar-refractivity contribution in [3.05, 3.63) is 0 Å². The number of rotatable bonds is 1. The van der Waals surface area contributed by atoms with Gasteiger partial charge in [0.1, 0.15) is 0 Å². The summed E-state index contributed by atoms with van der Waals surface area (Å²) in [4.78, 5) is 11.1. The van der Waals surface area contributed by atoms with Crippen LogP contribution in [0.4, 0.5) is 0 Å². The summed E-state index contributed by atoms with van der Waals surface area (Å²) in [5.74, 6) is -0.0243. The van der Waals surface area contributed by atoms with Crippen molar-refractivity contribution < 1.29 is 9.90 Å². The number of aliphatic carboxylic acids is 1. The molecule has 0 heterocycles. The van der Waals surface area contributed by atoms with Crippen molar-refractivity contribution >= 4 is 5.97 Å². The van der Waals surface area contributed by atoms with E-state index in [4.69, 9.17) is 0 Å². The lowest BCUT2D eigenvalue weighted by Gasteiger charge is -2.80. The maximum atomic E-state index is 11.1. The third kappa shape index (κ3) is 0.301. The Balaban J connectivity index is 2.12. The number of hydrogen-bond donors (Lipinski definition) is 1. The van der Waals surface area contributed by atoms with Crippen molar-refractivity contribution in [2.75, 3.05) is 0 Å². The molecule has 0 spiro atoms. The van der Waals surface area contributed by atoms with Crippen molar-refractivity contribution in [2.24, 2.45) is 22.2 Å². The van der Waals surface area contributed by atoms with Gasteiger partial charge in [-0.05, 0) is 36.0 Å². The smallest absolute Gasteiger partial charge is 0.310 e. The molecule has 0 aromatic carbocycles. The molecule has 4 bridgehead atoms. The highest BCUT2D eigenvalue weighted by molar-refractivity contribution is 5.83. The summed E-state index contributed by atoms with van der Waals surface area (Å²) in [6.45, 7) is 4.45. The maximum absolute atomic E-state index is 11.1. The molecule has 66 valence electrons. The average molecular weight is 166 g/mol. The molecule has 2 nitrogen and oxygen atoms in total. The minimum absolute atomic E-state index is 0.149. The predicted molar refractivity (Wildman–Crippen MR) is 43.6 cm³/mol. The number of carboxylic acids is 1. The van der Waals surface area contributed by atoms with Gasteiger partial charge in [-0.2, -0.15) is 0 Å². The topological polar surface area (TPSA) is 37.3 Å². The molecular formula is C10H14O2. The lowest BCUT2D eigenvalue weighted by molar-refractivity contribution is -0.336. The van der Waals surface area contributed by atoms with E-state index in [0.717, 1.165) is 19.3 Å². The Kier molecular flexibility index (Phi) is 0.774. The predicted octanol–water partition coefficient (Wildman–Crippen LogP) is 1.90. The van der Waals surface area contributed by atoms with E-state index >= 15 is 0 Å². The van der Waals surface area contributed by atoms with Crippen LogP contribution < -0.4 is 0 Å². The molecule has 2 heteroatoms. The van der Waals surface area contributed by atoms with Gasteiger partial charge < -0.3 is 5.11 Å². The zero-order valence-electron chi connectivity index (χ0n) is 7.55. The molecule has 0 aromatic heterocycles. The summed E-state index contributed by atoms with van der Waals surface area (Å²) in [5, 5.41) is 9.19. The Morgan fingerprint density at radius 3 is 2.42 bits per heavy atom. The molecule has 5 aliphatic rings. The summed E-state index contributed by atoms with van der Waals surface area (Å²) >= 11 is 0. The van der Waals surface area contributed by atoms with Crippen LogP contribution in [0.25, 0.3) is 0 Å². The third-order valence-corrected chi connectivity index (χ3v) is 5.57. The zero-order chi connectivity index (χ0) is 8.78. The van der Waals surface area contributed by atoms with Crippen LogP contribution in [0.1, 0.15) is 33.1 Å². The molecule has 0 amide bonds. The highest BCUT2D eigenvalue weighted by Gasteiger charge is 2.91. The molecule has 0 saturated heterocycles. The van der Waals surface area contributed by atoms with Crippen molar-refractivity contribution in [2.45, 2.75) is 33.1 Å². The van der Waals surface area contributed by atoms with Gasteiger partial charge in [-0.15, -0.1) is 0 Å². The first-order valence-corrected chi connectivity index (χ1v) is 4.72. The van der Waals surface area contributed by atoms with Crippen LogP contribution in [0.3, 0.4) is 0 Å². The lowest BCUT2D eigenvalue weighted by Crippen LogP contribution is -2.80. The highest BCUT2D eigenvalue weighted by Crippen LogP contribution is 2.93. The van der Waals surface area contributed by atoms with Crippen LogP contribution in [0.5, 0.6) is 0 Å². The number of carboxylic acid groups (broad SMARTS) is 1. The van der Waals surface area contributed by atoms with E-state index in [2.05, 4.69) is 13.8 Å². The third-order valence-electron chi connectivity index (χ3n) is 5.57. The van der Waals surface area contributed by atoms with Gasteiger partial charge in [0.15, 0.2) is 0 Å². The van der Waals surface area contributed by atoms with Crippen LogP contribution in [-0.4, -0.2) is 11.1 Å². The van der Waals surface area contributed by atoms with E-state index in [1.807, 2.05) is 0 Å². The molecule has 0 radical (unpaired) electrons. The second-order valence-corrected chi connectivity index (χ2v) is 5.29. The molecule has 5 fully saturated rings. The standard InChI is InChI=1S/C10H14O2/c1-8-5-10(7(11)12)6(8)3-4-9(8,10)2/h6H,3-5H2,1-2H3,(H,11,12)/t6-,8+,9+,10-/m1/s1. The van der Waals surface area contributed by atoms with Gasteiger partial charge in [-0.25, -0.2) is 0 Å². The largest absolute Gasteiger partial charge is 0.481 e. The Bertz CT molecular complexity index is 298. The van der Waals surface area contributed by atoms with E-state index < -0.39 is 5.97 Å². The van der Waals surface area contributed by atoms with Gasteiger partial charge >= 0.3 is 5.97 Å². The fourth-order valence-electron chi connectivity index (χ4n) is 4.69. The van der Waals surface area contributed by atoms with Gasteiger partial charge in [-0.3, -0.25) is 4.79 Å². The van der Waals surface area contributed by atoms with Gasteiger partial charge in [0.25, 0.3) is 0 Å². The van der Waals surface area contributed by atoms with Crippen molar-refractivity contribution in [1.82, 2.24) is 0 Å². The SMILES string of the molecule is C[C@]12CC[C@@H]3[C@]1(C)C[C@]32C(=O)O. The van der Waals surface area contributed by atoms with Crippen molar-refractivity contribution in [3.8, 4) is 0 Å². The summed E-state index contributed by atoms with van der Waals surface area (Å²) < 4.78 is 0. The number of hydrogen-bond acceptors (Lipinski definition) is 1. The minimum atomic E-state index is -0.531. The minimum Gasteiger partial charge on any atom is -0.481 e. The van der Waals surface area contributed by atoms with Gasteiger partial charge in [0.05, 0.1) is 5.41 Å². The second kappa shape index (κ2) is 1.34. The Labute approximate surface area is 72.0 Å². The van der Waals surface area contributed by atoms with E-state index in [1.54, 1.807) is 0 Å². The zero-order valence-corrected chi connectivity index (χ0v) is 7.55. The quantitative estimate of drug-likeness (QED) is 0.646. The van der Waals surface area contributed by atoms with E-state index in [9.17, 15) is 9.90 Å². The monoisotopic (exact) mass is 166 g/mol. The molecule has 1 N–H and O–H groups in total.